The van der Waals surface area contributed by atoms with Crippen molar-refractivity contribution in [2.24, 2.45) is 0 Å². The number of rotatable bonds is 7. The summed E-state index contributed by atoms with van der Waals surface area (Å²) in [6.45, 7) is 3.09. The molecule has 1 aliphatic rings. The molecule has 3 rings (SSSR count). The van der Waals surface area contributed by atoms with E-state index in [-0.39, 0.29) is 10.5 Å². The summed E-state index contributed by atoms with van der Waals surface area (Å²) in [6, 6.07) is 13.2. The van der Waals surface area contributed by atoms with Crippen LogP contribution in [0.2, 0.25) is 5.02 Å². The molecule has 0 bridgehead atoms. The molecule has 0 unspecified atom stereocenters. The predicted molar refractivity (Wildman–Crippen MR) is 110 cm³/mol. The fraction of sp³-hybridized carbons (Fsp3) is 0.350. The number of hydrogen-bond donors (Lipinski definition) is 0. The first-order chi connectivity index (χ1) is 13.9. The van der Waals surface area contributed by atoms with Crippen LogP contribution >= 0.6 is 11.6 Å². The minimum absolute atomic E-state index is 0.0934. The average Bonchev–Trinajstić information content (AvgIpc) is 2.75. The van der Waals surface area contributed by atoms with Crippen molar-refractivity contribution in [2.45, 2.75) is 4.90 Å². The molecule has 1 saturated heterocycles. The zero-order valence-corrected chi connectivity index (χ0v) is 17.7. The third kappa shape index (κ3) is 5.27. The second kappa shape index (κ2) is 9.58. The number of sulfonamides is 1. The van der Waals surface area contributed by atoms with Gasteiger partial charge in [-0.25, -0.2) is 13.2 Å². The molecule has 0 amide bonds. The van der Waals surface area contributed by atoms with Crippen LogP contribution in [0.4, 0.5) is 0 Å². The van der Waals surface area contributed by atoms with Crippen molar-refractivity contribution in [3.8, 4) is 5.75 Å². The Morgan fingerprint density at radius 3 is 2.48 bits per heavy atom. The molecule has 0 spiro atoms. The van der Waals surface area contributed by atoms with Gasteiger partial charge in [0.15, 0.2) is 0 Å². The SMILES string of the molecule is COC(=O)c1cccc(S(=O)(=O)N2CCN(CCOc3ccccc3Cl)CC2)c1. The number of esters is 1. The Balaban J connectivity index is 1.54. The lowest BCUT2D eigenvalue weighted by Gasteiger charge is -2.33. The molecule has 0 atom stereocenters. The number of benzene rings is 2. The molecule has 2 aromatic rings. The van der Waals surface area contributed by atoms with Crippen molar-refractivity contribution in [1.82, 2.24) is 9.21 Å². The third-order valence-corrected chi connectivity index (χ3v) is 6.93. The van der Waals surface area contributed by atoms with Gasteiger partial charge in [-0.15, -0.1) is 0 Å². The second-order valence-corrected chi connectivity index (χ2v) is 8.89. The lowest BCUT2D eigenvalue weighted by Crippen LogP contribution is -2.49. The molecule has 9 heteroatoms. The van der Waals surface area contributed by atoms with Crippen LogP contribution in [-0.4, -0.2) is 70.0 Å². The Labute approximate surface area is 175 Å². The highest BCUT2D eigenvalue weighted by molar-refractivity contribution is 7.89. The highest BCUT2D eigenvalue weighted by atomic mass is 35.5. The Morgan fingerprint density at radius 1 is 1.07 bits per heavy atom. The first kappa shape index (κ1) is 21.6. The van der Waals surface area contributed by atoms with Crippen LogP contribution in [0.15, 0.2) is 53.4 Å². The van der Waals surface area contributed by atoms with Crippen LogP contribution in [0, 0.1) is 0 Å². The van der Waals surface area contributed by atoms with Gasteiger partial charge in [0.1, 0.15) is 12.4 Å². The molecule has 0 saturated carbocycles. The predicted octanol–water partition coefficient (Wildman–Crippen LogP) is 2.51. The van der Waals surface area contributed by atoms with E-state index in [1.807, 2.05) is 18.2 Å². The van der Waals surface area contributed by atoms with E-state index in [4.69, 9.17) is 16.3 Å². The molecule has 7 nitrogen and oxygen atoms in total. The van der Waals surface area contributed by atoms with Crippen molar-refractivity contribution < 1.29 is 22.7 Å². The normalized spacial score (nSPS) is 15.8. The van der Waals surface area contributed by atoms with Gasteiger partial charge in [-0.1, -0.05) is 29.8 Å². The molecule has 1 fully saturated rings. The van der Waals surface area contributed by atoms with Gasteiger partial charge in [0.2, 0.25) is 10.0 Å². The summed E-state index contributed by atoms with van der Waals surface area (Å²) in [5.74, 6) is 0.0752. The molecule has 29 heavy (non-hydrogen) atoms. The fourth-order valence-electron chi connectivity index (χ4n) is 3.09. The number of halogens is 1. The largest absolute Gasteiger partial charge is 0.491 e. The van der Waals surface area contributed by atoms with Crippen molar-refractivity contribution >= 4 is 27.6 Å². The summed E-state index contributed by atoms with van der Waals surface area (Å²) in [7, 11) is -2.41. The molecular formula is C20H23ClN2O5S. The molecule has 0 radical (unpaired) electrons. The van der Waals surface area contributed by atoms with E-state index >= 15 is 0 Å². The standard InChI is InChI=1S/C20H23ClN2O5S/c1-27-20(24)16-5-4-6-17(15-16)29(25,26)23-11-9-22(10-12-23)13-14-28-19-8-3-2-7-18(19)21/h2-8,15H,9-14H2,1H3. The summed E-state index contributed by atoms with van der Waals surface area (Å²) < 4.78 is 37.6. The Morgan fingerprint density at radius 2 is 1.79 bits per heavy atom. The number of piperazine rings is 1. The lowest BCUT2D eigenvalue weighted by atomic mass is 10.2. The highest BCUT2D eigenvalue weighted by Crippen LogP contribution is 2.23. The van der Waals surface area contributed by atoms with Crippen molar-refractivity contribution in [3.63, 3.8) is 0 Å². The zero-order valence-electron chi connectivity index (χ0n) is 16.1. The Hall–Kier alpha value is -2.13. The monoisotopic (exact) mass is 438 g/mol. The first-order valence-corrected chi connectivity index (χ1v) is 11.0. The Kier molecular flexibility index (Phi) is 7.13. The minimum atomic E-state index is -3.67. The molecular weight excluding hydrogens is 416 g/mol. The summed E-state index contributed by atoms with van der Waals surface area (Å²) >= 11 is 6.07. The molecule has 0 aliphatic carbocycles. The number of hydrogen-bond acceptors (Lipinski definition) is 6. The number of para-hydroxylation sites is 1. The summed E-state index contributed by atoms with van der Waals surface area (Å²) in [6.07, 6.45) is 0. The average molecular weight is 439 g/mol. The van der Waals surface area contributed by atoms with Gasteiger partial charge in [-0.05, 0) is 30.3 Å². The molecule has 1 heterocycles. The van der Waals surface area contributed by atoms with E-state index in [0.717, 1.165) is 0 Å². The van der Waals surface area contributed by atoms with Crippen LogP contribution in [0.1, 0.15) is 10.4 Å². The second-order valence-electron chi connectivity index (χ2n) is 6.54. The van der Waals surface area contributed by atoms with Crippen molar-refractivity contribution in [1.29, 1.82) is 0 Å². The fourth-order valence-corrected chi connectivity index (χ4v) is 4.75. The zero-order chi connectivity index (χ0) is 20.9. The van der Waals surface area contributed by atoms with E-state index in [0.29, 0.717) is 50.1 Å². The van der Waals surface area contributed by atoms with E-state index in [9.17, 15) is 13.2 Å². The van der Waals surface area contributed by atoms with Crippen molar-refractivity contribution in [3.05, 3.63) is 59.1 Å². The maximum atomic E-state index is 12.9. The van der Waals surface area contributed by atoms with Crippen LogP contribution in [0.25, 0.3) is 0 Å². The molecule has 1 aliphatic heterocycles. The van der Waals surface area contributed by atoms with Crippen molar-refractivity contribution in [2.75, 3.05) is 46.4 Å². The van der Waals surface area contributed by atoms with Crippen LogP contribution < -0.4 is 4.74 Å². The first-order valence-electron chi connectivity index (χ1n) is 9.20. The van der Waals surface area contributed by atoms with Gasteiger partial charge in [0.05, 0.1) is 22.6 Å². The van der Waals surface area contributed by atoms with Crippen LogP contribution in [0.5, 0.6) is 5.75 Å². The Bertz CT molecular complexity index is 959. The van der Waals surface area contributed by atoms with Gasteiger partial charge < -0.3 is 9.47 Å². The van der Waals surface area contributed by atoms with Gasteiger partial charge >= 0.3 is 5.97 Å². The van der Waals surface area contributed by atoms with E-state index in [1.54, 1.807) is 12.1 Å². The van der Waals surface area contributed by atoms with Gasteiger partial charge in [-0.2, -0.15) is 4.31 Å². The summed E-state index contributed by atoms with van der Waals surface area (Å²) in [5.41, 5.74) is 0.212. The smallest absolute Gasteiger partial charge is 0.337 e. The molecule has 156 valence electrons. The topological polar surface area (TPSA) is 76.2 Å². The number of methoxy groups -OCH3 is 1. The number of carbonyl (C=O) groups is 1. The molecule has 2 aromatic carbocycles. The van der Waals surface area contributed by atoms with Crippen LogP contribution in [0.3, 0.4) is 0 Å². The highest BCUT2D eigenvalue weighted by Gasteiger charge is 2.29. The third-order valence-electron chi connectivity index (χ3n) is 4.73. The van der Waals surface area contributed by atoms with E-state index < -0.39 is 16.0 Å². The minimum Gasteiger partial charge on any atom is -0.491 e. The maximum Gasteiger partial charge on any atom is 0.337 e. The lowest BCUT2D eigenvalue weighted by molar-refractivity contribution is 0.0600. The number of nitrogens with zero attached hydrogens (tertiary/aromatic N) is 2. The maximum absolute atomic E-state index is 12.9. The summed E-state index contributed by atoms with van der Waals surface area (Å²) in [5, 5.41) is 0.567. The number of ether oxygens (including phenoxy) is 2. The van der Waals surface area contributed by atoms with Gasteiger partial charge in [0, 0.05) is 32.7 Å². The van der Waals surface area contributed by atoms with E-state index in [2.05, 4.69) is 9.64 Å². The molecule has 0 N–H and O–H groups in total. The van der Waals surface area contributed by atoms with Gasteiger partial charge in [-0.3, -0.25) is 4.90 Å². The van der Waals surface area contributed by atoms with E-state index in [1.165, 1.54) is 29.6 Å². The summed E-state index contributed by atoms with van der Waals surface area (Å²) in [4.78, 5) is 13.9. The number of carbonyl (C=O) groups excluding carboxylic acids is 1. The van der Waals surface area contributed by atoms with Gasteiger partial charge in [0.25, 0.3) is 0 Å². The van der Waals surface area contributed by atoms with Crippen LogP contribution in [-0.2, 0) is 14.8 Å². The quantitative estimate of drug-likeness (QED) is 0.618. The molecule has 0 aromatic heterocycles.